The minimum atomic E-state index is -0.498. The molecule has 1 aliphatic heterocycles. The molecule has 0 spiro atoms. The van der Waals surface area contributed by atoms with Crippen LogP contribution < -0.4 is 5.32 Å². The average Bonchev–Trinajstić information content (AvgIpc) is 2.33. The zero-order valence-electron chi connectivity index (χ0n) is 10.5. The van der Waals surface area contributed by atoms with Gasteiger partial charge < -0.3 is 10.2 Å². The predicted octanol–water partition coefficient (Wildman–Crippen LogP) is 1.14. The number of rotatable bonds is 3. The first kappa shape index (κ1) is 12.7. The number of anilines is 1. The highest BCUT2D eigenvalue weighted by Gasteiger charge is 2.24. The molecular weight excluding hydrogens is 234 g/mol. The number of nitrogens with zero attached hydrogens (tertiary/aromatic N) is 4. The van der Waals surface area contributed by atoms with Crippen molar-refractivity contribution in [2.45, 2.75) is 19.4 Å². The van der Waals surface area contributed by atoms with Crippen LogP contribution in [-0.2, 0) is 0 Å². The molecule has 0 saturated carbocycles. The Morgan fingerprint density at radius 3 is 2.72 bits per heavy atom. The van der Waals surface area contributed by atoms with Gasteiger partial charge in [-0.1, -0.05) is 6.92 Å². The number of aromatic nitrogens is 2. The van der Waals surface area contributed by atoms with Crippen molar-refractivity contribution in [3.8, 4) is 0 Å². The van der Waals surface area contributed by atoms with Crippen LogP contribution in [0.2, 0.25) is 0 Å². The monoisotopic (exact) mass is 251 g/mol. The molecule has 0 aromatic carbocycles. The van der Waals surface area contributed by atoms with Crippen LogP contribution in [0.4, 0.5) is 11.6 Å². The Morgan fingerprint density at radius 2 is 2.17 bits per heavy atom. The van der Waals surface area contributed by atoms with Gasteiger partial charge in [0.15, 0.2) is 0 Å². The fourth-order valence-electron chi connectivity index (χ4n) is 2.22. The van der Waals surface area contributed by atoms with E-state index >= 15 is 0 Å². The number of hydrogen-bond donors (Lipinski definition) is 1. The molecule has 98 valence electrons. The standard InChI is InChI=1S/C11H17N5O2/c1-8-7-15(2)4-3-10(8)14-11-12-5-9(6-13-11)16(17)18/h5-6,8,10H,3-4,7H2,1-2H3,(H,12,13,14). The minimum Gasteiger partial charge on any atom is -0.351 e. The Balaban J connectivity index is 1.99. The van der Waals surface area contributed by atoms with Crippen molar-refractivity contribution in [3.05, 3.63) is 22.5 Å². The van der Waals surface area contributed by atoms with Crippen LogP contribution in [0.15, 0.2) is 12.4 Å². The van der Waals surface area contributed by atoms with Gasteiger partial charge in [-0.3, -0.25) is 10.1 Å². The zero-order valence-corrected chi connectivity index (χ0v) is 10.5. The fourth-order valence-corrected chi connectivity index (χ4v) is 2.22. The molecule has 0 aliphatic carbocycles. The van der Waals surface area contributed by atoms with Crippen LogP contribution in [-0.4, -0.2) is 46.0 Å². The molecule has 1 aromatic rings. The second kappa shape index (κ2) is 5.26. The summed E-state index contributed by atoms with van der Waals surface area (Å²) in [4.78, 5) is 20.2. The Labute approximate surface area is 105 Å². The first-order chi connectivity index (χ1) is 8.56. The van der Waals surface area contributed by atoms with Crippen LogP contribution in [0.5, 0.6) is 0 Å². The first-order valence-corrected chi connectivity index (χ1v) is 5.98. The lowest BCUT2D eigenvalue weighted by molar-refractivity contribution is -0.385. The quantitative estimate of drug-likeness (QED) is 0.640. The lowest BCUT2D eigenvalue weighted by atomic mass is 9.94. The van der Waals surface area contributed by atoms with Crippen molar-refractivity contribution in [1.29, 1.82) is 0 Å². The molecule has 0 radical (unpaired) electrons. The molecule has 1 fully saturated rings. The fraction of sp³-hybridized carbons (Fsp3) is 0.636. The molecule has 1 N–H and O–H groups in total. The molecule has 7 nitrogen and oxygen atoms in total. The highest BCUT2D eigenvalue weighted by atomic mass is 16.6. The SMILES string of the molecule is CC1CN(C)CCC1Nc1ncc([N+](=O)[O-])cn1. The third-order valence-corrected chi connectivity index (χ3v) is 3.27. The summed E-state index contributed by atoms with van der Waals surface area (Å²) < 4.78 is 0. The van der Waals surface area contributed by atoms with Crippen molar-refractivity contribution >= 4 is 11.6 Å². The summed E-state index contributed by atoms with van der Waals surface area (Å²) in [6.07, 6.45) is 3.49. The summed E-state index contributed by atoms with van der Waals surface area (Å²) >= 11 is 0. The summed E-state index contributed by atoms with van der Waals surface area (Å²) in [5.41, 5.74) is -0.0861. The van der Waals surface area contributed by atoms with Gasteiger partial charge in [-0.25, -0.2) is 9.97 Å². The van der Waals surface area contributed by atoms with Gasteiger partial charge in [0, 0.05) is 12.6 Å². The molecule has 1 saturated heterocycles. The number of piperidine rings is 1. The number of likely N-dealkylation sites (tertiary alicyclic amines) is 1. The van der Waals surface area contributed by atoms with Crippen molar-refractivity contribution in [1.82, 2.24) is 14.9 Å². The third-order valence-electron chi connectivity index (χ3n) is 3.27. The Bertz CT molecular complexity index is 422. The number of hydrogen-bond acceptors (Lipinski definition) is 6. The number of nitrogens with one attached hydrogen (secondary N) is 1. The maximum absolute atomic E-state index is 10.5. The lowest BCUT2D eigenvalue weighted by Crippen LogP contribution is -2.43. The van der Waals surface area contributed by atoms with Gasteiger partial charge in [0.05, 0.1) is 4.92 Å². The molecular formula is C11H17N5O2. The normalized spacial score (nSPS) is 24.8. The second-order valence-electron chi connectivity index (χ2n) is 4.80. The van der Waals surface area contributed by atoms with Crippen LogP contribution >= 0.6 is 0 Å². The van der Waals surface area contributed by atoms with Gasteiger partial charge in [-0.15, -0.1) is 0 Å². The smallest absolute Gasteiger partial charge is 0.305 e. The third kappa shape index (κ3) is 2.92. The molecule has 0 bridgehead atoms. The van der Waals surface area contributed by atoms with E-state index in [1.807, 2.05) is 0 Å². The summed E-state index contributed by atoms with van der Waals surface area (Å²) in [6, 6.07) is 0.322. The summed E-state index contributed by atoms with van der Waals surface area (Å²) in [5, 5.41) is 13.7. The molecule has 2 atom stereocenters. The Kier molecular flexibility index (Phi) is 3.71. The van der Waals surface area contributed by atoms with E-state index in [9.17, 15) is 10.1 Å². The van der Waals surface area contributed by atoms with E-state index in [1.165, 1.54) is 12.4 Å². The van der Waals surface area contributed by atoms with Crippen molar-refractivity contribution in [2.75, 3.05) is 25.5 Å². The molecule has 2 rings (SSSR count). The van der Waals surface area contributed by atoms with E-state index in [0.717, 1.165) is 19.5 Å². The second-order valence-corrected chi connectivity index (χ2v) is 4.80. The Hall–Kier alpha value is -1.76. The Morgan fingerprint density at radius 1 is 1.50 bits per heavy atom. The average molecular weight is 251 g/mol. The van der Waals surface area contributed by atoms with Gasteiger partial charge in [0.25, 0.3) is 0 Å². The van der Waals surface area contributed by atoms with E-state index in [-0.39, 0.29) is 5.69 Å². The van der Waals surface area contributed by atoms with Gasteiger partial charge >= 0.3 is 5.69 Å². The molecule has 2 heterocycles. The lowest BCUT2D eigenvalue weighted by Gasteiger charge is -2.35. The maximum atomic E-state index is 10.5. The summed E-state index contributed by atoms with van der Waals surface area (Å²) in [5.74, 6) is 0.963. The molecule has 2 unspecified atom stereocenters. The van der Waals surface area contributed by atoms with Crippen molar-refractivity contribution in [3.63, 3.8) is 0 Å². The molecule has 1 aliphatic rings. The largest absolute Gasteiger partial charge is 0.351 e. The predicted molar refractivity (Wildman–Crippen MR) is 67.4 cm³/mol. The maximum Gasteiger partial charge on any atom is 0.305 e. The van der Waals surface area contributed by atoms with Crippen LogP contribution in [0.1, 0.15) is 13.3 Å². The summed E-state index contributed by atoms with van der Waals surface area (Å²) in [6.45, 7) is 4.25. The van der Waals surface area contributed by atoms with Gasteiger partial charge in [-0.2, -0.15) is 0 Å². The van der Waals surface area contributed by atoms with E-state index in [1.54, 1.807) is 0 Å². The van der Waals surface area contributed by atoms with Crippen molar-refractivity contribution in [2.24, 2.45) is 5.92 Å². The zero-order chi connectivity index (χ0) is 13.1. The number of nitro groups is 1. The van der Waals surface area contributed by atoms with E-state index in [4.69, 9.17) is 0 Å². The van der Waals surface area contributed by atoms with E-state index in [0.29, 0.717) is 17.9 Å². The van der Waals surface area contributed by atoms with Crippen LogP contribution in [0.25, 0.3) is 0 Å². The van der Waals surface area contributed by atoms with E-state index < -0.39 is 4.92 Å². The molecule has 18 heavy (non-hydrogen) atoms. The van der Waals surface area contributed by atoms with Crippen LogP contribution in [0.3, 0.4) is 0 Å². The van der Waals surface area contributed by atoms with Crippen molar-refractivity contribution < 1.29 is 4.92 Å². The minimum absolute atomic E-state index is 0.0861. The van der Waals surface area contributed by atoms with Gasteiger partial charge in [0.1, 0.15) is 12.4 Å². The summed E-state index contributed by atoms with van der Waals surface area (Å²) in [7, 11) is 2.11. The molecule has 1 aromatic heterocycles. The highest BCUT2D eigenvalue weighted by molar-refractivity contribution is 5.31. The van der Waals surface area contributed by atoms with E-state index in [2.05, 4.69) is 34.2 Å². The molecule has 0 amide bonds. The van der Waals surface area contributed by atoms with Crippen LogP contribution in [0, 0.1) is 16.0 Å². The van der Waals surface area contributed by atoms with Gasteiger partial charge in [0.2, 0.25) is 5.95 Å². The van der Waals surface area contributed by atoms with Gasteiger partial charge in [-0.05, 0) is 25.9 Å². The first-order valence-electron chi connectivity index (χ1n) is 5.98. The topological polar surface area (TPSA) is 84.2 Å². The highest BCUT2D eigenvalue weighted by Crippen LogP contribution is 2.19. The molecule has 7 heteroatoms.